The third kappa shape index (κ3) is 4.43. The van der Waals surface area contributed by atoms with Crippen LogP contribution >= 0.6 is 0 Å². The fourth-order valence-corrected chi connectivity index (χ4v) is 3.79. The van der Waals surface area contributed by atoms with Crippen molar-refractivity contribution in [1.82, 2.24) is 9.78 Å². The van der Waals surface area contributed by atoms with Crippen LogP contribution in [0, 0.1) is 13.8 Å². The van der Waals surface area contributed by atoms with Gasteiger partial charge in [0.1, 0.15) is 0 Å². The fourth-order valence-electron chi connectivity index (χ4n) is 3.79. The summed E-state index contributed by atoms with van der Waals surface area (Å²) in [7, 11) is 1.82. The summed E-state index contributed by atoms with van der Waals surface area (Å²) in [6.45, 7) is 5.28. The van der Waals surface area contributed by atoms with Gasteiger partial charge in [0.25, 0.3) is 5.91 Å². The number of carbonyl (C=O) groups is 2. The van der Waals surface area contributed by atoms with Crippen molar-refractivity contribution in [2.24, 2.45) is 7.05 Å². The van der Waals surface area contributed by atoms with Gasteiger partial charge in [0.2, 0.25) is 0 Å². The molecule has 6 nitrogen and oxygen atoms in total. The van der Waals surface area contributed by atoms with E-state index in [1.807, 2.05) is 33.0 Å². The average Bonchev–Trinajstić information content (AvgIpc) is 2.94. The van der Waals surface area contributed by atoms with E-state index in [-0.39, 0.29) is 5.91 Å². The molecule has 2 aromatic rings. The molecule has 0 spiro atoms. The number of carbonyl (C=O) groups excluding carboxylic acids is 2. The second-order valence-corrected chi connectivity index (χ2v) is 7.66. The van der Waals surface area contributed by atoms with Gasteiger partial charge in [0.15, 0.2) is 6.10 Å². The second kappa shape index (κ2) is 8.59. The number of esters is 1. The molecule has 1 aliphatic carbocycles. The monoisotopic (exact) mass is 383 g/mol. The smallest absolute Gasteiger partial charge is 0.338 e. The summed E-state index contributed by atoms with van der Waals surface area (Å²) in [5, 5.41) is 7.08. The number of benzene rings is 1. The van der Waals surface area contributed by atoms with Gasteiger partial charge in [0.05, 0.1) is 22.6 Å². The number of hydrogen-bond donors (Lipinski definition) is 1. The molecule has 1 atom stereocenters. The summed E-state index contributed by atoms with van der Waals surface area (Å²) in [6.07, 6.45) is 5.40. The molecular formula is C22H29N3O3. The first-order chi connectivity index (χ1) is 13.4. The van der Waals surface area contributed by atoms with Gasteiger partial charge in [-0.05, 0) is 57.2 Å². The minimum absolute atomic E-state index is 0.369. The summed E-state index contributed by atoms with van der Waals surface area (Å²) in [5.41, 5.74) is 3.98. The molecule has 1 amide bonds. The Labute approximate surface area is 166 Å². The maximum Gasteiger partial charge on any atom is 0.338 e. The number of ether oxygens (including phenoxy) is 1. The van der Waals surface area contributed by atoms with Crippen molar-refractivity contribution in [3.8, 4) is 0 Å². The van der Waals surface area contributed by atoms with E-state index in [0.717, 1.165) is 11.4 Å². The van der Waals surface area contributed by atoms with Gasteiger partial charge in [-0.15, -0.1) is 0 Å². The van der Waals surface area contributed by atoms with Crippen molar-refractivity contribution in [3.05, 3.63) is 46.8 Å². The summed E-state index contributed by atoms with van der Waals surface area (Å²) in [6, 6.07) is 7.62. The highest BCUT2D eigenvalue weighted by Crippen LogP contribution is 2.32. The predicted octanol–water partition coefficient (Wildman–Crippen LogP) is 4.27. The number of rotatable bonds is 5. The summed E-state index contributed by atoms with van der Waals surface area (Å²) >= 11 is 0. The Kier molecular flexibility index (Phi) is 6.17. The molecule has 0 radical (unpaired) electrons. The van der Waals surface area contributed by atoms with Crippen LogP contribution in [0.2, 0.25) is 0 Å². The number of anilines is 1. The zero-order valence-corrected chi connectivity index (χ0v) is 17.1. The van der Waals surface area contributed by atoms with Crippen LogP contribution in [0.3, 0.4) is 0 Å². The topological polar surface area (TPSA) is 73.2 Å². The van der Waals surface area contributed by atoms with Gasteiger partial charge in [-0.2, -0.15) is 5.10 Å². The normalized spacial score (nSPS) is 15.9. The molecule has 0 saturated heterocycles. The SMILES string of the molecule is Cc1nn(C)c(C)c1NC(=O)C(C)OC(=O)c1ccc(C2CCCCC2)cc1. The van der Waals surface area contributed by atoms with Gasteiger partial charge in [-0.3, -0.25) is 9.48 Å². The molecule has 28 heavy (non-hydrogen) atoms. The molecule has 1 aromatic carbocycles. The van der Waals surface area contributed by atoms with Crippen LogP contribution in [-0.2, 0) is 16.6 Å². The van der Waals surface area contributed by atoms with Gasteiger partial charge in [-0.25, -0.2) is 4.79 Å². The van der Waals surface area contributed by atoms with E-state index >= 15 is 0 Å². The third-order valence-electron chi connectivity index (χ3n) is 5.63. The number of amides is 1. The Balaban J connectivity index is 1.59. The van der Waals surface area contributed by atoms with Crippen LogP contribution in [0.25, 0.3) is 0 Å². The van der Waals surface area contributed by atoms with Crippen LogP contribution < -0.4 is 5.32 Å². The molecule has 1 aliphatic rings. The highest BCUT2D eigenvalue weighted by Gasteiger charge is 2.22. The van der Waals surface area contributed by atoms with E-state index in [2.05, 4.69) is 10.4 Å². The standard InChI is InChI=1S/C22H29N3O3/c1-14-20(15(2)25(4)24-14)23-21(26)16(3)28-22(27)19-12-10-18(11-13-19)17-8-6-5-7-9-17/h10-13,16-17H,5-9H2,1-4H3,(H,23,26). The maximum absolute atomic E-state index is 12.4. The van der Waals surface area contributed by atoms with E-state index in [1.54, 1.807) is 23.7 Å². The third-order valence-corrected chi connectivity index (χ3v) is 5.63. The molecular weight excluding hydrogens is 354 g/mol. The Bertz CT molecular complexity index is 849. The molecule has 6 heteroatoms. The van der Waals surface area contributed by atoms with E-state index in [4.69, 9.17) is 4.74 Å². The Morgan fingerprint density at radius 2 is 1.79 bits per heavy atom. The number of nitrogens with zero attached hydrogens (tertiary/aromatic N) is 2. The summed E-state index contributed by atoms with van der Waals surface area (Å²) in [4.78, 5) is 24.8. The van der Waals surface area contributed by atoms with Gasteiger partial charge < -0.3 is 10.1 Å². The lowest BCUT2D eigenvalue weighted by Gasteiger charge is -2.22. The van der Waals surface area contributed by atoms with Crippen molar-refractivity contribution in [1.29, 1.82) is 0 Å². The van der Waals surface area contributed by atoms with Crippen LogP contribution in [-0.4, -0.2) is 27.8 Å². The van der Waals surface area contributed by atoms with Gasteiger partial charge in [0, 0.05) is 7.05 Å². The molecule has 1 fully saturated rings. The molecule has 1 unspecified atom stereocenters. The van der Waals surface area contributed by atoms with Crippen LogP contribution in [0.15, 0.2) is 24.3 Å². The Morgan fingerprint density at radius 3 is 2.36 bits per heavy atom. The minimum atomic E-state index is -0.899. The molecule has 0 bridgehead atoms. The summed E-state index contributed by atoms with van der Waals surface area (Å²) < 4.78 is 7.07. The molecule has 150 valence electrons. The number of hydrogen-bond acceptors (Lipinski definition) is 4. The highest BCUT2D eigenvalue weighted by atomic mass is 16.5. The first-order valence-corrected chi connectivity index (χ1v) is 9.99. The number of aryl methyl sites for hydroxylation is 2. The van der Waals surface area contributed by atoms with E-state index in [1.165, 1.54) is 37.7 Å². The van der Waals surface area contributed by atoms with Crippen molar-refractivity contribution in [2.45, 2.75) is 64.9 Å². The van der Waals surface area contributed by atoms with Crippen molar-refractivity contribution < 1.29 is 14.3 Å². The first kappa shape index (κ1) is 20.1. The van der Waals surface area contributed by atoms with Gasteiger partial charge in [-0.1, -0.05) is 31.4 Å². The number of nitrogens with one attached hydrogen (secondary N) is 1. The molecule has 1 saturated carbocycles. The Morgan fingerprint density at radius 1 is 1.14 bits per heavy atom. The molecule has 1 aromatic heterocycles. The van der Waals surface area contributed by atoms with Crippen LogP contribution in [0.5, 0.6) is 0 Å². The van der Waals surface area contributed by atoms with Gasteiger partial charge >= 0.3 is 5.97 Å². The second-order valence-electron chi connectivity index (χ2n) is 7.66. The lowest BCUT2D eigenvalue weighted by Crippen LogP contribution is -2.30. The molecule has 1 heterocycles. The predicted molar refractivity (Wildman–Crippen MR) is 108 cm³/mol. The fraction of sp³-hybridized carbons (Fsp3) is 0.500. The zero-order chi connectivity index (χ0) is 20.3. The van der Waals surface area contributed by atoms with Crippen molar-refractivity contribution in [3.63, 3.8) is 0 Å². The average molecular weight is 383 g/mol. The van der Waals surface area contributed by atoms with E-state index in [9.17, 15) is 9.59 Å². The summed E-state index contributed by atoms with van der Waals surface area (Å²) in [5.74, 6) is -0.265. The van der Waals surface area contributed by atoms with Crippen LogP contribution in [0.1, 0.15) is 72.3 Å². The van der Waals surface area contributed by atoms with Crippen molar-refractivity contribution >= 4 is 17.6 Å². The van der Waals surface area contributed by atoms with Crippen molar-refractivity contribution in [2.75, 3.05) is 5.32 Å². The minimum Gasteiger partial charge on any atom is -0.449 e. The lowest BCUT2D eigenvalue weighted by atomic mass is 9.84. The number of aromatic nitrogens is 2. The molecule has 0 aliphatic heterocycles. The first-order valence-electron chi connectivity index (χ1n) is 9.99. The quantitative estimate of drug-likeness (QED) is 0.783. The largest absolute Gasteiger partial charge is 0.449 e. The zero-order valence-electron chi connectivity index (χ0n) is 17.1. The molecule has 3 rings (SSSR count). The molecule has 1 N–H and O–H groups in total. The van der Waals surface area contributed by atoms with E-state index < -0.39 is 12.1 Å². The Hall–Kier alpha value is -2.63. The van der Waals surface area contributed by atoms with E-state index in [0.29, 0.717) is 17.2 Å². The maximum atomic E-state index is 12.4. The highest BCUT2D eigenvalue weighted by molar-refractivity contribution is 5.98. The van der Waals surface area contributed by atoms with Crippen LogP contribution in [0.4, 0.5) is 5.69 Å². The lowest BCUT2D eigenvalue weighted by molar-refractivity contribution is -0.123.